The van der Waals surface area contributed by atoms with Crippen LogP contribution in [0.3, 0.4) is 0 Å². The highest BCUT2D eigenvalue weighted by atomic mass is 16.6. The smallest absolute Gasteiger partial charge is 0.322 e. The summed E-state index contributed by atoms with van der Waals surface area (Å²) >= 11 is 0. The second-order valence-electron chi connectivity index (χ2n) is 4.85. The predicted molar refractivity (Wildman–Crippen MR) is 66.2 cm³/mol. The second kappa shape index (κ2) is 7.36. The number of carbonyl (C=O) groups is 2. The maximum Gasteiger partial charge on any atom is 0.322 e. The normalized spacial score (nSPS) is 18.4. The average molecular weight is 256 g/mol. The van der Waals surface area contributed by atoms with Crippen LogP contribution in [0.2, 0.25) is 0 Å². The summed E-state index contributed by atoms with van der Waals surface area (Å²) in [5.74, 6) is -0.704. The van der Waals surface area contributed by atoms with E-state index in [-0.39, 0.29) is 18.5 Å². The first-order chi connectivity index (χ1) is 8.50. The van der Waals surface area contributed by atoms with Gasteiger partial charge in [-0.15, -0.1) is 0 Å². The van der Waals surface area contributed by atoms with E-state index in [0.29, 0.717) is 6.10 Å². The molecule has 0 aliphatic heterocycles. The molecule has 1 fully saturated rings. The van der Waals surface area contributed by atoms with Gasteiger partial charge in [-0.25, -0.2) is 0 Å². The molecule has 1 rings (SSSR count). The largest absolute Gasteiger partial charge is 0.460 e. The van der Waals surface area contributed by atoms with Crippen LogP contribution in [-0.4, -0.2) is 24.6 Å². The van der Waals surface area contributed by atoms with Gasteiger partial charge in [0, 0.05) is 0 Å². The molecule has 0 spiro atoms. The molecule has 5 heteroatoms. The number of ether oxygens (including phenoxy) is 2. The minimum absolute atomic E-state index is 0.00201. The van der Waals surface area contributed by atoms with Gasteiger partial charge in [-0.2, -0.15) is 0 Å². The van der Waals surface area contributed by atoms with E-state index in [9.17, 15) is 9.59 Å². The van der Waals surface area contributed by atoms with Gasteiger partial charge in [0.05, 0.1) is 5.92 Å². The van der Waals surface area contributed by atoms with Gasteiger partial charge in [0.2, 0.25) is 0 Å². The molecule has 0 amide bonds. The number of rotatable bonds is 5. The zero-order valence-electron chi connectivity index (χ0n) is 11.1. The van der Waals surface area contributed by atoms with Gasteiger partial charge in [-0.05, 0) is 26.7 Å². The minimum atomic E-state index is -0.660. The summed E-state index contributed by atoms with van der Waals surface area (Å²) in [5.41, 5.74) is 5.35. The Labute approximate surface area is 108 Å². The van der Waals surface area contributed by atoms with E-state index in [2.05, 4.69) is 0 Å². The fourth-order valence-corrected chi connectivity index (χ4v) is 1.93. The molecule has 0 aromatic carbocycles. The van der Waals surface area contributed by atoms with Crippen molar-refractivity contribution in [2.24, 2.45) is 11.7 Å². The topological polar surface area (TPSA) is 78.6 Å². The quantitative estimate of drug-likeness (QED) is 0.755. The Kier molecular flexibility index (Phi) is 6.12. The van der Waals surface area contributed by atoms with Gasteiger partial charge >= 0.3 is 11.9 Å². The summed E-state index contributed by atoms with van der Waals surface area (Å²) in [6.45, 7) is 3.17. The third-order valence-electron chi connectivity index (χ3n) is 3.00. The van der Waals surface area contributed by atoms with Crippen molar-refractivity contribution in [3.05, 3.63) is 6.10 Å². The summed E-state index contributed by atoms with van der Waals surface area (Å²) in [6.07, 6.45) is 5.55. The molecule has 18 heavy (non-hydrogen) atoms. The molecule has 1 saturated carbocycles. The standard InChI is InChI=1S/C13H22NO4/c1-9(8-17-12(15)10(2)14)18-13(16)11-6-4-3-5-7-11/h10-11H,3-8,14H2,1-2H3. The molecular weight excluding hydrogens is 234 g/mol. The molecule has 103 valence electrons. The fraction of sp³-hybridized carbons (Fsp3) is 0.769. The van der Waals surface area contributed by atoms with Gasteiger partial charge < -0.3 is 15.2 Å². The Morgan fingerprint density at radius 2 is 1.89 bits per heavy atom. The van der Waals surface area contributed by atoms with E-state index >= 15 is 0 Å². The molecule has 0 aromatic heterocycles. The zero-order valence-corrected chi connectivity index (χ0v) is 11.1. The third kappa shape index (κ3) is 5.04. The van der Waals surface area contributed by atoms with Crippen molar-refractivity contribution < 1.29 is 19.1 Å². The molecule has 1 aliphatic rings. The highest BCUT2D eigenvalue weighted by Gasteiger charge is 2.25. The Morgan fingerprint density at radius 3 is 2.44 bits per heavy atom. The summed E-state index contributed by atoms with van der Waals surface area (Å²) < 4.78 is 10.1. The number of carbonyl (C=O) groups excluding carboxylic acids is 2. The van der Waals surface area contributed by atoms with E-state index in [4.69, 9.17) is 15.2 Å². The van der Waals surface area contributed by atoms with Crippen molar-refractivity contribution in [1.82, 2.24) is 0 Å². The molecule has 1 unspecified atom stereocenters. The van der Waals surface area contributed by atoms with Crippen molar-refractivity contribution in [3.63, 3.8) is 0 Å². The molecule has 1 aliphatic carbocycles. The number of nitrogens with two attached hydrogens (primary N) is 1. The van der Waals surface area contributed by atoms with Gasteiger partial charge in [0.25, 0.3) is 0 Å². The first kappa shape index (κ1) is 15.0. The third-order valence-corrected chi connectivity index (χ3v) is 3.00. The van der Waals surface area contributed by atoms with Crippen LogP contribution in [0.25, 0.3) is 0 Å². The van der Waals surface area contributed by atoms with Crippen LogP contribution in [0.5, 0.6) is 0 Å². The Morgan fingerprint density at radius 1 is 1.28 bits per heavy atom. The van der Waals surface area contributed by atoms with Crippen molar-refractivity contribution >= 4 is 11.9 Å². The van der Waals surface area contributed by atoms with Crippen molar-refractivity contribution in [2.75, 3.05) is 6.61 Å². The van der Waals surface area contributed by atoms with Crippen LogP contribution in [-0.2, 0) is 19.1 Å². The van der Waals surface area contributed by atoms with Crippen LogP contribution in [0.1, 0.15) is 46.0 Å². The summed E-state index contributed by atoms with van der Waals surface area (Å²) in [5, 5.41) is 0. The van der Waals surface area contributed by atoms with E-state index in [1.54, 1.807) is 13.8 Å². The van der Waals surface area contributed by atoms with E-state index in [1.165, 1.54) is 6.42 Å². The molecule has 0 bridgehead atoms. The van der Waals surface area contributed by atoms with Gasteiger partial charge in [0.15, 0.2) is 6.10 Å². The molecular formula is C13H22NO4. The van der Waals surface area contributed by atoms with Crippen molar-refractivity contribution in [3.8, 4) is 0 Å². The summed E-state index contributed by atoms with van der Waals surface area (Å²) in [6, 6.07) is -0.660. The zero-order chi connectivity index (χ0) is 13.5. The first-order valence-electron chi connectivity index (χ1n) is 6.47. The summed E-state index contributed by atoms with van der Waals surface area (Å²) in [4.78, 5) is 22.9. The highest BCUT2D eigenvalue weighted by Crippen LogP contribution is 2.25. The lowest BCUT2D eigenvalue weighted by Gasteiger charge is -2.21. The van der Waals surface area contributed by atoms with Crippen molar-refractivity contribution in [1.29, 1.82) is 0 Å². The van der Waals surface area contributed by atoms with Crippen LogP contribution in [0, 0.1) is 12.0 Å². The van der Waals surface area contributed by atoms with Gasteiger partial charge in [0.1, 0.15) is 12.6 Å². The first-order valence-corrected chi connectivity index (χ1v) is 6.47. The molecule has 0 aromatic rings. The molecule has 2 N–H and O–H groups in total. The van der Waals surface area contributed by atoms with Gasteiger partial charge in [-0.3, -0.25) is 9.59 Å². The van der Waals surface area contributed by atoms with Crippen LogP contribution in [0.4, 0.5) is 0 Å². The lowest BCUT2D eigenvalue weighted by atomic mass is 9.89. The van der Waals surface area contributed by atoms with Crippen molar-refractivity contribution in [2.45, 2.75) is 52.0 Å². The average Bonchev–Trinajstić information content (AvgIpc) is 2.36. The Hall–Kier alpha value is -1.10. The Balaban J connectivity index is 2.24. The fourth-order valence-electron chi connectivity index (χ4n) is 1.93. The van der Waals surface area contributed by atoms with E-state index in [1.807, 2.05) is 0 Å². The lowest BCUT2D eigenvalue weighted by Crippen LogP contribution is -2.30. The molecule has 0 saturated heterocycles. The monoisotopic (exact) mass is 256 g/mol. The molecule has 0 heterocycles. The second-order valence-corrected chi connectivity index (χ2v) is 4.85. The van der Waals surface area contributed by atoms with E-state index in [0.717, 1.165) is 25.7 Å². The predicted octanol–water partition coefficient (Wildman–Crippen LogP) is 1.55. The molecule has 1 atom stereocenters. The number of hydrogen-bond donors (Lipinski definition) is 1. The highest BCUT2D eigenvalue weighted by molar-refractivity contribution is 5.75. The summed E-state index contributed by atoms with van der Waals surface area (Å²) in [7, 11) is 0. The number of hydrogen-bond acceptors (Lipinski definition) is 5. The van der Waals surface area contributed by atoms with Gasteiger partial charge in [-0.1, -0.05) is 19.3 Å². The SMILES string of the molecule is C[C](COC(=O)C(C)N)OC(=O)C1CCCCC1. The maximum absolute atomic E-state index is 11.8. The maximum atomic E-state index is 11.8. The van der Waals surface area contributed by atoms with E-state index < -0.39 is 12.0 Å². The lowest BCUT2D eigenvalue weighted by molar-refractivity contribution is -0.155. The minimum Gasteiger partial charge on any atom is -0.460 e. The van der Waals surface area contributed by atoms with Crippen LogP contribution < -0.4 is 5.73 Å². The molecule has 5 nitrogen and oxygen atoms in total. The number of esters is 2. The Bertz CT molecular complexity index is 285. The van der Waals surface area contributed by atoms with Crippen LogP contribution in [0.15, 0.2) is 0 Å². The molecule has 1 radical (unpaired) electrons. The van der Waals surface area contributed by atoms with Crippen LogP contribution >= 0.6 is 0 Å².